The maximum absolute atomic E-state index is 10.2. The van der Waals surface area contributed by atoms with Gasteiger partial charge in [0.2, 0.25) is 0 Å². The number of aliphatic hydroxyl groups is 1. The van der Waals surface area contributed by atoms with E-state index in [1.54, 1.807) is 12.5 Å². The molecular weight excluding hydrogens is 204 g/mol. The second kappa shape index (κ2) is 4.53. The van der Waals surface area contributed by atoms with E-state index in [0.717, 1.165) is 24.2 Å². The molecule has 2 rings (SSSR count). The molecule has 2 aromatic rings. The van der Waals surface area contributed by atoms with E-state index in [1.807, 2.05) is 23.7 Å². The fourth-order valence-electron chi connectivity index (χ4n) is 1.77. The van der Waals surface area contributed by atoms with Gasteiger partial charge in [-0.05, 0) is 31.0 Å². The molecule has 4 nitrogen and oxygen atoms in total. The van der Waals surface area contributed by atoms with E-state index in [4.69, 9.17) is 4.42 Å². The molecule has 0 spiro atoms. The number of rotatable bonds is 4. The first-order valence-corrected chi connectivity index (χ1v) is 5.47. The zero-order valence-electron chi connectivity index (χ0n) is 9.55. The Hall–Kier alpha value is -1.55. The minimum absolute atomic E-state index is 0.595. The normalized spacial score (nSPS) is 12.9. The van der Waals surface area contributed by atoms with E-state index in [2.05, 4.69) is 12.0 Å². The molecule has 4 heteroatoms. The molecule has 0 amide bonds. The van der Waals surface area contributed by atoms with E-state index in [0.29, 0.717) is 5.76 Å². The summed E-state index contributed by atoms with van der Waals surface area (Å²) in [7, 11) is 0. The van der Waals surface area contributed by atoms with Gasteiger partial charge in [0, 0.05) is 12.7 Å². The predicted molar refractivity (Wildman–Crippen MR) is 60.0 cm³/mol. The fourth-order valence-corrected chi connectivity index (χ4v) is 1.77. The van der Waals surface area contributed by atoms with Crippen molar-refractivity contribution in [2.75, 3.05) is 0 Å². The van der Waals surface area contributed by atoms with E-state index in [-0.39, 0.29) is 0 Å². The molecule has 2 heterocycles. The molecule has 86 valence electrons. The summed E-state index contributed by atoms with van der Waals surface area (Å²) >= 11 is 0. The van der Waals surface area contributed by atoms with Crippen molar-refractivity contribution in [3.8, 4) is 0 Å². The number of hydrogen-bond acceptors (Lipinski definition) is 3. The topological polar surface area (TPSA) is 51.2 Å². The molecule has 0 saturated carbocycles. The molecule has 0 bridgehead atoms. The first-order chi connectivity index (χ1) is 7.74. The molecule has 1 unspecified atom stereocenters. The van der Waals surface area contributed by atoms with Crippen LogP contribution in [0.4, 0.5) is 0 Å². The number of aryl methyl sites for hydroxylation is 2. The van der Waals surface area contributed by atoms with Crippen molar-refractivity contribution in [1.29, 1.82) is 0 Å². The van der Waals surface area contributed by atoms with Crippen LogP contribution in [-0.4, -0.2) is 14.9 Å². The highest BCUT2D eigenvalue weighted by Gasteiger charge is 2.19. The maximum atomic E-state index is 10.2. The highest BCUT2D eigenvalue weighted by Crippen LogP contribution is 2.25. The molecule has 0 fully saturated rings. The average molecular weight is 220 g/mol. The number of furan rings is 1. The first kappa shape index (κ1) is 11.0. The van der Waals surface area contributed by atoms with Crippen LogP contribution >= 0.6 is 0 Å². The third-order valence-electron chi connectivity index (χ3n) is 2.62. The van der Waals surface area contributed by atoms with Gasteiger partial charge in [-0.2, -0.15) is 5.10 Å². The third kappa shape index (κ3) is 1.88. The van der Waals surface area contributed by atoms with E-state index in [9.17, 15) is 5.11 Å². The molecule has 2 aromatic heterocycles. The third-order valence-corrected chi connectivity index (χ3v) is 2.62. The van der Waals surface area contributed by atoms with E-state index < -0.39 is 6.10 Å². The summed E-state index contributed by atoms with van der Waals surface area (Å²) in [4.78, 5) is 0. The number of hydrogen-bond donors (Lipinski definition) is 1. The molecule has 1 N–H and O–H groups in total. The standard InChI is InChI=1S/C12H16N2O2/c1-3-7-14-10(4-6-13-14)11(15)12-9(2)5-8-16-12/h4-6,8,11,15H,3,7H2,1-2H3. The summed E-state index contributed by atoms with van der Waals surface area (Å²) in [6.07, 6.45) is 3.54. The van der Waals surface area contributed by atoms with E-state index >= 15 is 0 Å². The summed E-state index contributed by atoms with van der Waals surface area (Å²) in [5.74, 6) is 0.595. The number of nitrogens with zero attached hydrogens (tertiary/aromatic N) is 2. The number of aromatic nitrogens is 2. The smallest absolute Gasteiger partial charge is 0.153 e. The second-order valence-electron chi connectivity index (χ2n) is 3.85. The largest absolute Gasteiger partial charge is 0.466 e. The van der Waals surface area contributed by atoms with Crippen LogP contribution in [0.1, 0.15) is 36.5 Å². The zero-order chi connectivity index (χ0) is 11.5. The molecule has 16 heavy (non-hydrogen) atoms. The Morgan fingerprint density at radius 1 is 1.50 bits per heavy atom. The van der Waals surface area contributed by atoms with Crippen LogP contribution in [0.2, 0.25) is 0 Å². The highest BCUT2D eigenvalue weighted by atomic mass is 16.4. The van der Waals surface area contributed by atoms with Crippen molar-refractivity contribution in [3.63, 3.8) is 0 Å². The molecule has 1 atom stereocenters. The van der Waals surface area contributed by atoms with Crippen LogP contribution in [0, 0.1) is 6.92 Å². The fraction of sp³-hybridized carbons (Fsp3) is 0.417. The molecule has 0 radical (unpaired) electrons. The van der Waals surface area contributed by atoms with Crippen LogP contribution in [0.5, 0.6) is 0 Å². The summed E-state index contributed by atoms with van der Waals surface area (Å²) < 4.78 is 7.10. The van der Waals surface area contributed by atoms with Crippen molar-refractivity contribution in [1.82, 2.24) is 9.78 Å². The maximum Gasteiger partial charge on any atom is 0.153 e. The van der Waals surface area contributed by atoms with Gasteiger partial charge in [0.05, 0.1) is 12.0 Å². The van der Waals surface area contributed by atoms with Crippen LogP contribution in [0.25, 0.3) is 0 Å². The summed E-state index contributed by atoms with van der Waals surface area (Å²) in [5, 5.41) is 14.4. The molecular formula is C12H16N2O2. The molecule has 0 aliphatic rings. The Labute approximate surface area is 94.5 Å². The van der Waals surface area contributed by atoms with Crippen molar-refractivity contribution in [2.24, 2.45) is 0 Å². The van der Waals surface area contributed by atoms with Crippen LogP contribution in [0.3, 0.4) is 0 Å². The molecule has 0 aromatic carbocycles. The van der Waals surface area contributed by atoms with Crippen LogP contribution < -0.4 is 0 Å². The van der Waals surface area contributed by atoms with Crippen molar-refractivity contribution < 1.29 is 9.52 Å². The Balaban J connectivity index is 2.30. The Morgan fingerprint density at radius 3 is 2.94 bits per heavy atom. The van der Waals surface area contributed by atoms with Gasteiger partial charge in [0.25, 0.3) is 0 Å². The minimum Gasteiger partial charge on any atom is -0.466 e. The zero-order valence-corrected chi connectivity index (χ0v) is 9.55. The quantitative estimate of drug-likeness (QED) is 0.860. The van der Waals surface area contributed by atoms with Gasteiger partial charge in [-0.1, -0.05) is 6.92 Å². The summed E-state index contributed by atoms with van der Waals surface area (Å²) in [5.41, 5.74) is 1.73. The van der Waals surface area contributed by atoms with Gasteiger partial charge in [-0.15, -0.1) is 0 Å². The average Bonchev–Trinajstić information content (AvgIpc) is 2.87. The van der Waals surface area contributed by atoms with Gasteiger partial charge < -0.3 is 9.52 Å². The van der Waals surface area contributed by atoms with Gasteiger partial charge in [-0.3, -0.25) is 4.68 Å². The monoisotopic (exact) mass is 220 g/mol. The Bertz CT molecular complexity index is 459. The second-order valence-corrected chi connectivity index (χ2v) is 3.85. The van der Waals surface area contributed by atoms with Crippen molar-refractivity contribution in [2.45, 2.75) is 32.9 Å². The first-order valence-electron chi connectivity index (χ1n) is 5.47. The van der Waals surface area contributed by atoms with Gasteiger partial charge >= 0.3 is 0 Å². The SMILES string of the molecule is CCCn1nccc1C(O)c1occc1C. The Kier molecular flexibility index (Phi) is 3.10. The lowest BCUT2D eigenvalue weighted by atomic mass is 10.1. The van der Waals surface area contributed by atoms with Crippen molar-refractivity contribution >= 4 is 0 Å². The lowest BCUT2D eigenvalue weighted by molar-refractivity contribution is 0.177. The predicted octanol–water partition coefficient (Wildman–Crippen LogP) is 2.28. The van der Waals surface area contributed by atoms with Gasteiger partial charge in [-0.25, -0.2) is 0 Å². The van der Waals surface area contributed by atoms with Crippen LogP contribution in [0.15, 0.2) is 29.0 Å². The van der Waals surface area contributed by atoms with Gasteiger partial charge in [0.15, 0.2) is 6.10 Å². The molecule has 0 aliphatic carbocycles. The highest BCUT2D eigenvalue weighted by molar-refractivity contribution is 5.24. The number of aliphatic hydroxyl groups excluding tert-OH is 1. The summed E-state index contributed by atoms with van der Waals surface area (Å²) in [6, 6.07) is 3.67. The van der Waals surface area contributed by atoms with Gasteiger partial charge in [0.1, 0.15) is 5.76 Å². The molecule has 0 saturated heterocycles. The van der Waals surface area contributed by atoms with E-state index in [1.165, 1.54) is 0 Å². The minimum atomic E-state index is -0.732. The molecule has 0 aliphatic heterocycles. The van der Waals surface area contributed by atoms with Crippen LogP contribution in [-0.2, 0) is 6.54 Å². The Morgan fingerprint density at radius 2 is 2.31 bits per heavy atom. The lowest BCUT2D eigenvalue weighted by Gasteiger charge is -2.11. The lowest BCUT2D eigenvalue weighted by Crippen LogP contribution is -2.10. The summed E-state index contributed by atoms with van der Waals surface area (Å²) in [6.45, 7) is 4.80. The van der Waals surface area contributed by atoms with Crippen molar-refractivity contribution in [3.05, 3.63) is 41.6 Å².